The van der Waals surface area contributed by atoms with Gasteiger partial charge in [-0.15, -0.1) is 0 Å². The average Bonchev–Trinajstić information content (AvgIpc) is 2.19. The largest absolute Gasteiger partial charge is 0.385 e. The summed E-state index contributed by atoms with van der Waals surface area (Å²) in [6.07, 6.45) is 1.53. The van der Waals surface area contributed by atoms with E-state index in [2.05, 4.69) is 0 Å². The Hall–Kier alpha value is -0.930. The zero-order chi connectivity index (χ0) is 12.2. The highest BCUT2D eigenvalue weighted by atomic mass is 19.1. The highest BCUT2D eigenvalue weighted by Gasteiger charge is 2.19. The molecule has 0 aliphatic heterocycles. The van der Waals surface area contributed by atoms with Crippen LogP contribution in [-0.4, -0.2) is 19.3 Å². The second-order valence-electron chi connectivity index (χ2n) is 4.64. The van der Waals surface area contributed by atoms with Crippen LogP contribution in [-0.2, 0) is 11.2 Å². The molecular formula is C13H20FNO. The van der Waals surface area contributed by atoms with Crippen LogP contribution in [0, 0.1) is 12.7 Å². The third-order valence-corrected chi connectivity index (χ3v) is 2.78. The van der Waals surface area contributed by atoms with Crippen LogP contribution in [0.5, 0.6) is 0 Å². The Morgan fingerprint density at radius 3 is 2.69 bits per heavy atom. The highest BCUT2D eigenvalue weighted by molar-refractivity contribution is 5.28. The summed E-state index contributed by atoms with van der Waals surface area (Å²) >= 11 is 0. The van der Waals surface area contributed by atoms with Gasteiger partial charge in [-0.25, -0.2) is 4.39 Å². The standard InChI is InChI=1S/C13H20FNO/c1-10-8-12(14)5-4-11(10)9-13(2,15)6-7-16-3/h4-5,8H,6-7,9,15H2,1-3H3. The Bertz CT molecular complexity index is 350. The van der Waals surface area contributed by atoms with E-state index in [-0.39, 0.29) is 11.4 Å². The normalized spacial score (nSPS) is 14.8. The lowest BCUT2D eigenvalue weighted by molar-refractivity contribution is 0.171. The van der Waals surface area contributed by atoms with Crippen molar-refractivity contribution in [3.05, 3.63) is 35.1 Å². The van der Waals surface area contributed by atoms with Gasteiger partial charge in [-0.05, 0) is 49.9 Å². The van der Waals surface area contributed by atoms with E-state index < -0.39 is 0 Å². The zero-order valence-corrected chi connectivity index (χ0v) is 10.2. The Labute approximate surface area is 96.6 Å². The van der Waals surface area contributed by atoms with Gasteiger partial charge in [0, 0.05) is 19.3 Å². The van der Waals surface area contributed by atoms with Crippen molar-refractivity contribution >= 4 is 0 Å². The van der Waals surface area contributed by atoms with E-state index in [1.807, 2.05) is 19.9 Å². The predicted octanol–water partition coefficient (Wildman–Crippen LogP) is 2.43. The molecule has 0 bridgehead atoms. The number of rotatable bonds is 5. The SMILES string of the molecule is COCCC(C)(N)Cc1ccc(F)cc1C. The van der Waals surface area contributed by atoms with Gasteiger partial charge < -0.3 is 10.5 Å². The second-order valence-corrected chi connectivity index (χ2v) is 4.64. The minimum absolute atomic E-state index is 0.197. The van der Waals surface area contributed by atoms with Crippen molar-refractivity contribution in [1.29, 1.82) is 0 Å². The zero-order valence-electron chi connectivity index (χ0n) is 10.2. The molecule has 0 aliphatic carbocycles. The van der Waals surface area contributed by atoms with Crippen LogP contribution in [0.1, 0.15) is 24.5 Å². The summed E-state index contributed by atoms with van der Waals surface area (Å²) in [6, 6.07) is 4.83. The van der Waals surface area contributed by atoms with E-state index in [0.717, 1.165) is 24.0 Å². The van der Waals surface area contributed by atoms with Gasteiger partial charge in [0.05, 0.1) is 0 Å². The molecular weight excluding hydrogens is 205 g/mol. The summed E-state index contributed by atoms with van der Waals surface area (Å²) in [5.74, 6) is -0.197. The molecule has 2 N–H and O–H groups in total. The molecule has 3 heteroatoms. The number of halogens is 1. The number of nitrogens with two attached hydrogens (primary N) is 1. The molecule has 1 atom stereocenters. The summed E-state index contributed by atoms with van der Waals surface area (Å²) in [5.41, 5.74) is 7.91. The smallest absolute Gasteiger partial charge is 0.123 e. The van der Waals surface area contributed by atoms with Crippen molar-refractivity contribution in [2.75, 3.05) is 13.7 Å². The molecule has 0 aliphatic rings. The van der Waals surface area contributed by atoms with Crippen LogP contribution in [0.3, 0.4) is 0 Å². The van der Waals surface area contributed by atoms with Crippen LogP contribution in [0.15, 0.2) is 18.2 Å². The molecule has 90 valence electrons. The van der Waals surface area contributed by atoms with E-state index in [9.17, 15) is 4.39 Å². The molecule has 1 aromatic carbocycles. The molecule has 2 nitrogen and oxygen atoms in total. The molecule has 0 amide bonds. The first-order valence-electron chi connectivity index (χ1n) is 5.47. The summed E-state index contributed by atoms with van der Waals surface area (Å²) in [6.45, 7) is 4.55. The molecule has 0 heterocycles. The minimum atomic E-state index is -0.307. The molecule has 0 spiro atoms. The number of hydrogen-bond donors (Lipinski definition) is 1. The number of ether oxygens (including phenoxy) is 1. The van der Waals surface area contributed by atoms with Gasteiger partial charge in [0.1, 0.15) is 5.82 Å². The molecule has 1 unspecified atom stereocenters. The fourth-order valence-corrected chi connectivity index (χ4v) is 1.72. The van der Waals surface area contributed by atoms with E-state index in [1.54, 1.807) is 13.2 Å². The van der Waals surface area contributed by atoms with Gasteiger partial charge in [0.2, 0.25) is 0 Å². The van der Waals surface area contributed by atoms with Crippen LogP contribution in [0.4, 0.5) is 4.39 Å². The first-order valence-corrected chi connectivity index (χ1v) is 5.47. The van der Waals surface area contributed by atoms with E-state index in [4.69, 9.17) is 10.5 Å². The maximum absolute atomic E-state index is 12.9. The Kier molecular flexibility index (Phi) is 4.44. The topological polar surface area (TPSA) is 35.2 Å². The molecule has 0 saturated carbocycles. The van der Waals surface area contributed by atoms with Crippen molar-refractivity contribution in [2.45, 2.75) is 32.2 Å². The maximum Gasteiger partial charge on any atom is 0.123 e. The average molecular weight is 225 g/mol. The number of methoxy groups -OCH3 is 1. The fraction of sp³-hybridized carbons (Fsp3) is 0.538. The van der Waals surface area contributed by atoms with Crippen LogP contribution < -0.4 is 5.73 Å². The van der Waals surface area contributed by atoms with Gasteiger partial charge in [0.25, 0.3) is 0 Å². The number of hydrogen-bond acceptors (Lipinski definition) is 2. The van der Waals surface area contributed by atoms with E-state index in [0.29, 0.717) is 6.61 Å². The number of benzene rings is 1. The van der Waals surface area contributed by atoms with Crippen LogP contribution >= 0.6 is 0 Å². The molecule has 0 radical (unpaired) electrons. The lowest BCUT2D eigenvalue weighted by Gasteiger charge is -2.25. The van der Waals surface area contributed by atoms with Gasteiger partial charge in [-0.3, -0.25) is 0 Å². The van der Waals surface area contributed by atoms with Crippen molar-refractivity contribution in [3.8, 4) is 0 Å². The van der Waals surface area contributed by atoms with Crippen LogP contribution in [0.25, 0.3) is 0 Å². The van der Waals surface area contributed by atoms with Crippen molar-refractivity contribution in [2.24, 2.45) is 5.73 Å². The lowest BCUT2D eigenvalue weighted by atomic mass is 9.89. The minimum Gasteiger partial charge on any atom is -0.385 e. The third-order valence-electron chi connectivity index (χ3n) is 2.78. The van der Waals surface area contributed by atoms with Crippen molar-refractivity contribution in [1.82, 2.24) is 0 Å². The maximum atomic E-state index is 12.9. The predicted molar refractivity (Wildman–Crippen MR) is 63.9 cm³/mol. The number of aryl methyl sites for hydroxylation is 1. The first kappa shape index (κ1) is 13.1. The highest BCUT2D eigenvalue weighted by Crippen LogP contribution is 2.18. The summed E-state index contributed by atoms with van der Waals surface area (Å²) < 4.78 is 18.0. The molecule has 1 aromatic rings. The summed E-state index contributed by atoms with van der Waals surface area (Å²) in [5, 5.41) is 0. The third kappa shape index (κ3) is 3.91. The van der Waals surface area contributed by atoms with Gasteiger partial charge >= 0.3 is 0 Å². The lowest BCUT2D eigenvalue weighted by Crippen LogP contribution is -2.39. The molecule has 0 fully saturated rings. The van der Waals surface area contributed by atoms with E-state index >= 15 is 0 Å². The Morgan fingerprint density at radius 2 is 2.12 bits per heavy atom. The van der Waals surface area contributed by atoms with Gasteiger partial charge in [-0.1, -0.05) is 6.07 Å². The second kappa shape index (κ2) is 5.41. The first-order chi connectivity index (χ1) is 7.44. The van der Waals surface area contributed by atoms with Gasteiger partial charge in [0.15, 0.2) is 0 Å². The molecule has 1 rings (SSSR count). The van der Waals surface area contributed by atoms with Crippen molar-refractivity contribution in [3.63, 3.8) is 0 Å². The van der Waals surface area contributed by atoms with E-state index in [1.165, 1.54) is 6.07 Å². The molecule has 0 saturated heterocycles. The summed E-state index contributed by atoms with van der Waals surface area (Å²) in [4.78, 5) is 0. The fourth-order valence-electron chi connectivity index (χ4n) is 1.72. The Balaban J connectivity index is 2.71. The van der Waals surface area contributed by atoms with Gasteiger partial charge in [-0.2, -0.15) is 0 Å². The van der Waals surface area contributed by atoms with Crippen molar-refractivity contribution < 1.29 is 9.13 Å². The molecule has 16 heavy (non-hydrogen) atoms. The monoisotopic (exact) mass is 225 g/mol. The summed E-state index contributed by atoms with van der Waals surface area (Å²) in [7, 11) is 1.67. The molecule has 0 aromatic heterocycles. The quantitative estimate of drug-likeness (QED) is 0.835. The van der Waals surface area contributed by atoms with Crippen LogP contribution in [0.2, 0.25) is 0 Å². The Morgan fingerprint density at radius 1 is 1.44 bits per heavy atom.